The first-order chi connectivity index (χ1) is 12.1. The minimum absolute atomic E-state index is 0.350. The molecule has 2 aromatic rings. The number of thioether (sulfide) groups is 1. The predicted octanol–water partition coefficient (Wildman–Crippen LogP) is 5.38. The maximum atomic E-state index is 9.77. The second kappa shape index (κ2) is 8.07. The van der Waals surface area contributed by atoms with Crippen molar-refractivity contribution in [3.8, 4) is 17.3 Å². The molecule has 0 saturated heterocycles. The molecular weight excluding hydrogens is 352 g/mol. The third-order valence-corrected chi connectivity index (χ3v) is 5.53. The summed E-state index contributed by atoms with van der Waals surface area (Å²) in [6.07, 6.45) is 6.76. The molecule has 0 amide bonds. The van der Waals surface area contributed by atoms with Crippen molar-refractivity contribution in [3.63, 3.8) is 0 Å². The number of anilines is 1. The monoisotopic (exact) mass is 372 g/mol. The van der Waals surface area contributed by atoms with Crippen LogP contribution in [0.1, 0.15) is 38.2 Å². The van der Waals surface area contributed by atoms with Gasteiger partial charge in [-0.15, -0.1) is 0 Å². The Hall–Kier alpha value is -1.77. The largest absolute Gasteiger partial charge is 0.366 e. The predicted molar refractivity (Wildman–Crippen MR) is 104 cm³/mol. The van der Waals surface area contributed by atoms with E-state index in [0.717, 1.165) is 12.0 Å². The number of benzene rings is 1. The van der Waals surface area contributed by atoms with Gasteiger partial charge in [-0.2, -0.15) is 5.26 Å². The molecule has 2 atom stereocenters. The van der Waals surface area contributed by atoms with E-state index in [2.05, 4.69) is 28.3 Å². The molecular formula is C19H21ClN4S. The molecule has 1 aromatic heterocycles. The van der Waals surface area contributed by atoms with Crippen LogP contribution in [0, 0.1) is 17.2 Å². The fourth-order valence-corrected chi connectivity index (χ4v) is 3.76. The van der Waals surface area contributed by atoms with Gasteiger partial charge >= 0.3 is 0 Å². The minimum Gasteiger partial charge on any atom is -0.366 e. The van der Waals surface area contributed by atoms with E-state index < -0.39 is 0 Å². The normalized spacial score (nSPS) is 20.1. The second-order valence-electron chi connectivity index (χ2n) is 6.41. The molecule has 3 rings (SSSR count). The van der Waals surface area contributed by atoms with E-state index in [1.54, 1.807) is 0 Å². The van der Waals surface area contributed by atoms with Crippen LogP contribution in [0.15, 0.2) is 29.4 Å². The quantitative estimate of drug-likeness (QED) is 0.576. The lowest BCUT2D eigenvalue weighted by atomic mass is 9.86. The minimum atomic E-state index is 0.350. The Labute approximate surface area is 158 Å². The van der Waals surface area contributed by atoms with E-state index in [-0.39, 0.29) is 0 Å². The SMILES string of the molecule is CSc1nc(NC2CCCCC2C)c(C#N)c(-c2ccc(Cl)cc2)n1. The first-order valence-corrected chi connectivity index (χ1v) is 10.1. The van der Waals surface area contributed by atoms with Crippen LogP contribution in [0.25, 0.3) is 11.3 Å². The molecule has 0 bridgehead atoms. The van der Waals surface area contributed by atoms with Crippen LogP contribution in [0.2, 0.25) is 5.02 Å². The first kappa shape index (κ1) is 18.0. The Bertz CT molecular complexity index is 785. The van der Waals surface area contributed by atoms with E-state index in [1.807, 2.05) is 30.5 Å². The van der Waals surface area contributed by atoms with Crippen molar-refractivity contribution in [1.29, 1.82) is 5.26 Å². The molecule has 6 heteroatoms. The summed E-state index contributed by atoms with van der Waals surface area (Å²) >= 11 is 7.47. The van der Waals surface area contributed by atoms with Gasteiger partial charge in [0.05, 0.1) is 5.69 Å². The van der Waals surface area contributed by atoms with E-state index in [9.17, 15) is 5.26 Å². The molecule has 1 aliphatic rings. The van der Waals surface area contributed by atoms with Gasteiger partial charge in [0.25, 0.3) is 0 Å². The highest BCUT2D eigenvalue weighted by atomic mass is 35.5. The second-order valence-corrected chi connectivity index (χ2v) is 7.62. The Kier molecular flexibility index (Phi) is 5.82. The van der Waals surface area contributed by atoms with Gasteiger partial charge < -0.3 is 5.32 Å². The Morgan fingerprint density at radius 3 is 2.56 bits per heavy atom. The zero-order valence-electron chi connectivity index (χ0n) is 14.4. The topological polar surface area (TPSA) is 61.6 Å². The lowest BCUT2D eigenvalue weighted by Gasteiger charge is -2.30. The summed E-state index contributed by atoms with van der Waals surface area (Å²) < 4.78 is 0. The van der Waals surface area contributed by atoms with Crippen LogP contribution in [0.3, 0.4) is 0 Å². The van der Waals surface area contributed by atoms with Crippen LogP contribution in [-0.4, -0.2) is 22.3 Å². The van der Waals surface area contributed by atoms with Gasteiger partial charge in [-0.25, -0.2) is 9.97 Å². The van der Waals surface area contributed by atoms with Crippen LogP contribution in [0.4, 0.5) is 5.82 Å². The van der Waals surface area contributed by atoms with Crippen molar-refractivity contribution >= 4 is 29.2 Å². The lowest BCUT2D eigenvalue weighted by Crippen LogP contribution is -2.31. The molecule has 0 spiro atoms. The van der Waals surface area contributed by atoms with Crippen molar-refractivity contribution in [2.75, 3.05) is 11.6 Å². The summed E-state index contributed by atoms with van der Waals surface area (Å²) in [5.74, 6) is 1.22. The van der Waals surface area contributed by atoms with Gasteiger partial charge in [0.2, 0.25) is 0 Å². The number of aromatic nitrogens is 2. The van der Waals surface area contributed by atoms with Crippen molar-refractivity contribution in [2.24, 2.45) is 5.92 Å². The number of hydrogen-bond acceptors (Lipinski definition) is 5. The molecule has 25 heavy (non-hydrogen) atoms. The van der Waals surface area contributed by atoms with Crippen molar-refractivity contribution in [1.82, 2.24) is 9.97 Å². The van der Waals surface area contributed by atoms with Gasteiger partial charge in [-0.3, -0.25) is 0 Å². The zero-order valence-corrected chi connectivity index (χ0v) is 16.0. The number of nitrogens with zero attached hydrogens (tertiary/aromatic N) is 3. The standard InChI is InChI=1S/C19H21ClN4S/c1-12-5-3-4-6-16(12)22-18-15(11-21)17(23-19(24-18)25-2)13-7-9-14(20)10-8-13/h7-10,12,16H,3-6H2,1-2H3,(H,22,23,24). The number of rotatable bonds is 4. The molecule has 1 aromatic carbocycles. The highest BCUT2D eigenvalue weighted by Crippen LogP contribution is 2.32. The van der Waals surface area contributed by atoms with Crippen molar-refractivity contribution in [2.45, 2.75) is 43.8 Å². The zero-order chi connectivity index (χ0) is 17.8. The smallest absolute Gasteiger partial charge is 0.189 e. The summed E-state index contributed by atoms with van der Waals surface area (Å²) in [4.78, 5) is 9.17. The lowest BCUT2D eigenvalue weighted by molar-refractivity contribution is 0.349. The summed E-state index contributed by atoms with van der Waals surface area (Å²) in [7, 11) is 0. The number of hydrogen-bond donors (Lipinski definition) is 1. The molecule has 130 valence electrons. The molecule has 1 fully saturated rings. The summed E-state index contributed by atoms with van der Waals surface area (Å²) in [5, 5.41) is 14.6. The maximum absolute atomic E-state index is 9.77. The molecule has 1 N–H and O–H groups in total. The highest BCUT2D eigenvalue weighted by Gasteiger charge is 2.24. The molecule has 1 heterocycles. The summed E-state index contributed by atoms with van der Waals surface area (Å²) in [6, 6.07) is 10.1. The molecule has 0 aliphatic heterocycles. The van der Waals surface area contributed by atoms with Gasteiger partial charge in [-0.05, 0) is 37.1 Å². The number of nitriles is 1. The van der Waals surface area contributed by atoms with E-state index >= 15 is 0 Å². The maximum Gasteiger partial charge on any atom is 0.189 e. The Morgan fingerprint density at radius 1 is 1.20 bits per heavy atom. The van der Waals surface area contributed by atoms with Crippen molar-refractivity contribution < 1.29 is 0 Å². The fraction of sp³-hybridized carbons (Fsp3) is 0.421. The van der Waals surface area contributed by atoms with Crippen LogP contribution >= 0.6 is 23.4 Å². The molecule has 4 nitrogen and oxygen atoms in total. The number of nitrogens with one attached hydrogen (secondary N) is 1. The average Bonchev–Trinajstić information content (AvgIpc) is 2.63. The summed E-state index contributed by atoms with van der Waals surface area (Å²) in [6.45, 7) is 2.26. The van der Waals surface area contributed by atoms with Crippen LogP contribution in [-0.2, 0) is 0 Å². The molecule has 1 aliphatic carbocycles. The summed E-state index contributed by atoms with van der Waals surface area (Å²) in [5.41, 5.74) is 2.03. The van der Waals surface area contributed by atoms with Gasteiger partial charge in [0.1, 0.15) is 17.5 Å². The van der Waals surface area contributed by atoms with Gasteiger partial charge in [0.15, 0.2) is 5.16 Å². The molecule has 0 radical (unpaired) electrons. The van der Waals surface area contributed by atoms with Gasteiger partial charge in [0, 0.05) is 16.6 Å². The average molecular weight is 373 g/mol. The van der Waals surface area contributed by atoms with E-state index in [0.29, 0.717) is 39.2 Å². The molecule has 2 unspecified atom stereocenters. The van der Waals surface area contributed by atoms with E-state index in [1.165, 1.54) is 31.0 Å². The van der Waals surface area contributed by atoms with E-state index in [4.69, 9.17) is 11.6 Å². The third kappa shape index (κ3) is 4.08. The van der Waals surface area contributed by atoms with Gasteiger partial charge in [-0.1, -0.05) is 55.3 Å². The Morgan fingerprint density at radius 2 is 1.92 bits per heavy atom. The molecule has 1 saturated carbocycles. The Balaban J connectivity index is 2.04. The number of halogens is 1. The van der Waals surface area contributed by atoms with Crippen LogP contribution < -0.4 is 5.32 Å². The first-order valence-electron chi connectivity index (χ1n) is 8.51. The fourth-order valence-electron chi connectivity index (χ4n) is 3.26. The third-order valence-electron chi connectivity index (χ3n) is 4.73. The van der Waals surface area contributed by atoms with Crippen molar-refractivity contribution in [3.05, 3.63) is 34.9 Å². The highest BCUT2D eigenvalue weighted by molar-refractivity contribution is 7.98. The van der Waals surface area contributed by atoms with Crippen LogP contribution in [0.5, 0.6) is 0 Å².